The Morgan fingerprint density at radius 1 is 1.56 bits per heavy atom. The fraction of sp³-hybridized carbons (Fsp3) is 0.400. The first-order valence-electron chi connectivity index (χ1n) is 7.12. The molecule has 3 heteroatoms. The van der Waals surface area contributed by atoms with Crippen molar-refractivity contribution >= 4 is 23.1 Å². The largest absolute Gasteiger partial charge is 0.369 e. The van der Waals surface area contributed by atoms with Crippen LogP contribution in [0.1, 0.15) is 38.6 Å². The van der Waals surface area contributed by atoms with Crippen molar-refractivity contribution in [3.63, 3.8) is 0 Å². The molecule has 0 heterocycles. The Morgan fingerprint density at radius 2 is 2.33 bits per heavy atom. The molecule has 0 radical (unpaired) electrons. The Hall–Kier alpha value is -1.28. The van der Waals surface area contributed by atoms with Crippen molar-refractivity contribution in [2.24, 2.45) is 11.7 Å². The molecule has 0 saturated carbocycles. The Bertz CT molecular complexity index is 652. The summed E-state index contributed by atoms with van der Waals surface area (Å²) in [6.45, 7) is 2.00. The van der Waals surface area contributed by atoms with Crippen molar-refractivity contribution in [3.8, 4) is 0 Å². The molecule has 0 saturated heterocycles. The van der Waals surface area contributed by atoms with Gasteiger partial charge in [-0.2, -0.15) is 0 Å². The monoisotopic (exact) mass is 263 g/mol. The highest BCUT2D eigenvalue weighted by Crippen LogP contribution is 2.45. The van der Waals surface area contributed by atoms with E-state index >= 15 is 0 Å². The van der Waals surface area contributed by atoms with Crippen LogP contribution in [0, 0.1) is 12.8 Å². The summed E-state index contributed by atoms with van der Waals surface area (Å²) in [5.74, 6) is -1.39. The molecule has 1 amide bonds. The molecule has 2 N–H and O–H groups in total. The first kappa shape index (κ1) is 9.62. The average molecular weight is 264 g/mol. The molecular formula is C15H16ClNO. The van der Waals surface area contributed by atoms with Gasteiger partial charge in [0.15, 0.2) is 0 Å². The number of carbonyl (C=O) groups is 1. The number of amides is 1. The van der Waals surface area contributed by atoms with Crippen LogP contribution in [0.2, 0.25) is 5.02 Å². The lowest BCUT2D eigenvalue weighted by atomic mass is 9.82. The summed E-state index contributed by atoms with van der Waals surface area (Å²) in [6.07, 6.45) is 0.0224. The van der Waals surface area contributed by atoms with Crippen LogP contribution in [0.4, 0.5) is 0 Å². The van der Waals surface area contributed by atoms with Gasteiger partial charge < -0.3 is 5.73 Å². The summed E-state index contributed by atoms with van der Waals surface area (Å²) in [5, 5.41) is 0.680. The van der Waals surface area contributed by atoms with E-state index in [0.29, 0.717) is 24.3 Å². The molecule has 0 aromatic heterocycles. The van der Waals surface area contributed by atoms with E-state index in [9.17, 15) is 4.79 Å². The van der Waals surface area contributed by atoms with E-state index in [0.717, 1.165) is 27.8 Å². The van der Waals surface area contributed by atoms with Gasteiger partial charge in [0, 0.05) is 7.76 Å². The minimum Gasteiger partial charge on any atom is -0.369 e. The van der Waals surface area contributed by atoms with E-state index in [1.165, 1.54) is 0 Å². The number of allylic oxidation sites excluding steroid dienone is 1. The van der Waals surface area contributed by atoms with Gasteiger partial charge in [-0.25, -0.2) is 0 Å². The smallest absolute Gasteiger partial charge is 0.224 e. The molecule has 18 heavy (non-hydrogen) atoms. The van der Waals surface area contributed by atoms with Crippen LogP contribution in [-0.2, 0) is 11.2 Å². The van der Waals surface area contributed by atoms with Crippen LogP contribution < -0.4 is 5.73 Å². The predicted molar refractivity (Wildman–Crippen MR) is 73.3 cm³/mol. The summed E-state index contributed by atoms with van der Waals surface area (Å²) in [4.78, 5) is 11.7. The van der Waals surface area contributed by atoms with Crippen LogP contribution in [0.15, 0.2) is 17.7 Å². The lowest BCUT2D eigenvalue weighted by Gasteiger charge is -2.22. The van der Waals surface area contributed by atoms with Gasteiger partial charge in [0.2, 0.25) is 5.91 Å². The third-order valence-corrected chi connectivity index (χ3v) is 4.09. The van der Waals surface area contributed by atoms with E-state index in [2.05, 4.69) is 0 Å². The van der Waals surface area contributed by atoms with Crippen molar-refractivity contribution in [1.82, 2.24) is 0 Å². The van der Waals surface area contributed by atoms with Crippen molar-refractivity contribution in [3.05, 3.63) is 39.4 Å². The number of rotatable bonds is 1. The second-order valence-electron chi connectivity index (χ2n) is 4.97. The zero-order valence-electron chi connectivity index (χ0n) is 12.2. The van der Waals surface area contributed by atoms with Gasteiger partial charge in [0.1, 0.15) is 0 Å². The number of halogens is 1. The Kier molecular flexibility index (Phi) is 2.21. The number of nitrogens with two attached hydrogens (primary N) is 1. The van der Waals surface area contributed by atoms with Crippen LogP contribution in [0.5, 0.6) is 0 Å². The number of fused-ring (bicyclic) bond motifs is 2. The van der Waals surface area contributed by atoms with Crippen LogP contribution in [0.3, 0.4) is 0 Å². The number of hydrogen-bond donors (Lipinski definition) is 1. The standard InChI is InChI=1S/C15H16ClNO/c1-8-5-9(16)6-13-10-3-2-4-11(15(17)18)14(10)7-12(8)13/h5-6,11H,2-4,7H2,1H3,(H2,17,18)/i4D2. The van der Waals surface area contributed by atoms with Crippen LogP contribution in [0.25, 0.3) is 5.57 Å². The topological polar surface area (TPSA) is 43.1 Å². The maximum Gasteiger partial charge on any atom is 0.224 e. The molecule has 2 aliphatic rings. The fourth-order valence-corrected chi connectivity index (χ4v) is 3.33. The first-order valence-corrected chi connectivity index (χ1v) is 6.49. The van der Waals surface area contributed by atoms with E-state index < -0.39 is 18.2 Å². The van der Waals surface area contributed by atoms with Gasteiger partial charge in [-0.3, -0.25) is 4.79 Å². The minimum atomic E-state index is -1.55. The molecule has 0 bridgehead atoms. The van der Waals surface area contributed by atoms with Crippen LogP contribution >= 0.6 is 11.6 Å². The SMILES string of the molecule is [2H]C1([2H])CCC2=C(Cc3c(C)cc(Cl)cc32)C1C(N)=O. The molecule has 94 valence electrons. The highest BCUT2D eigenvalue weighted by Gasteiger charge is 2.33. The Labute approximate surface area is 115 Å². The molecule has 0 fully saturated rings. The van der Waals surface area contributed by atoms with Gasteiger partial charge in [0.25, 0.3) is 0 Å². The van der Waals surface area contributed by atoms with Gasteiger partial charge in [-0.15, -0.1) is 0 Å². The summed E-state index contributed by atoms with van der Waals surface area (Å²) in [7, 11) is 0. The molecule has 1 atom stereocenters. The minimum absolute atomic E-state index is 0.324. The maximum absolute atomic E-state index is 11.7. The second-order valence-corrected chi connectivity index (χ2v) is 5.41. The van der Waals surface area contributed by atoms with E-state index in [1.807, 2.05) is 19.1 Å². The predicted octanol–water partition coefficient (Wildman–Crippen LogP) is 3.24. The normalized spacial score (nSPS) is 26.2. The highest BCUT2D eigenvalue weighted by atomic mass is 35.5. The second kappa shape index (κ2) is 4.13. The van der Waals surface area contributed by atoms with Gasteiger partial charge in [-0.1, -0.05) is 11.6 Å². The molecule has 1 aromatic carbocycles. The molecule has 1 aromatic rings. The third kappa shape index (κ3) is 1.67. The summed E-state index contributed by atoms with van der Waals surface area (Å²) in [5.41, 5.74) is 10.7. The Morgan fingerprint density at radius 3 is 3.06 bits per heavy atom. The zero-order valence-corrected chi connectivity index (χ0v) is 11.0. The first-order chi connectivity index (χ1) is 9.31. The third-order valence-electron chi connectivity index (χ3n) is 3.87. The number of hydrogen-bond acceptors (Lipinski definition) is 1. The highest BCUT2D eigenvalue weighted by molar-refractivity contribution is 6.30. The molecule has 2 nitrogen and oxygen atoms in total. The summed E-state index contributed by atoms with van der Waals surface area (Å²) in [6, 6.07) is 3.83. The molecular weight excluding hydrogens is 246 g/mol. The molecule has 1 unspecified atom stereocenters. The maximum atomic E-state index is 11.7. The number of aryl methyl sites for hydroxylation is 1. The number of benzene rings is 1. The quantitative estimate of drug-likeness (QED) is 0.830. The van der Waals surface area contributed by atoms with Gasteiger partial charge in [0.05, 0.1) is 5.92 Å². The van der Waals surface area contributed by atoms with Crippen molar-refractivity contribution in [2.75, 3.05) is 0 Å². The van der Waals surface area contributed by atoms with Crippen LogP contribution in [-0.4, -0.2) is 5.91 Å². The molecule has 3 rings (SSSR count). The zero-order chi connectivity index (χ0) is 14.7. The lowest BCUT2D eigenvalue weighted by Crippen LogP contribution is -2.27. The Balaban J connectivity index is 2.16. The summed E-state index contributed by atoms with van der Waals surface area (Å²) >= 11 is 6.13. The number of carbonyl (C=O) groups excluding carboxylic acids is 1. The average Bonchev–Trinajstić information content (AvgIpc) is 2.65. The van der Waals surface area contributed by atoms with Gasteiger partial charge >= 0.3 is 0 Å². The van der Waals surface area contributed by atoms with Crippen molar-refractivity contribution in [2.45, 2.75) is 32.6 Å². The number of primary amides is 1. The van der Waals surface area contributed by atoms with Gasteiger partial charge in [-0.05, 0) is 72.5 Å². The summed E-state index contributed by atoms with van der Waals surface area (Å²) < 4.78 is 16.1. The fourth-order valence-electron chi connectivity index (χ4n) is 3.06. The molecule has 2 aliphatic carbocycles. The van der Waals surface area contributed by atoms with Crippen molar-refractivity contribution in [1.29, 1.82) is 0 Å². The lowest BCUT2D eigenvalue weighted by molar-refractivity contribution is -0.121. The molecule has 0 aliphatic heterocycles. The van der Waals surface area contributed by atoms with E-state index in [1.54, 1.807) is 0 Å². The molecule has 0 spiro atoms. The van der Waals surface area contributed by atoms with E-state index in [4.69, 9.17) is 20.1 Å². The van der Waals surface area contributed by atoms with E-state index in [-0.39, 0.29) is 0 Å². The van der Waals surface area contributed by atoms with Crippen molar-refractivity contribution < 1.29 is 7.54 Å².